The Labute approximate surface area is 90.2 Å². The van der Waals surface area contributed by atoms with Crippen molar-refractivity contribution in [3.8, 4) is 0 Å². The molecule has 90 valence electrons. The van der Waals surface area contributed by atoms with Crippen LogP contribution in [0, 0.1) is 0 Å². The second-order valence-electron chi connectivity index (χ2n) is 3.91. The van der Waals surface area contributed by atoms with E-state index in [2.05, 4.69) is 4.89 Å². The highest BCUT2D eigenvalue weighted by atomic mass is 17.1. The Morgan fingerprint density at radius 1 is 1.40 bits per heavy atom. The van der Waals surface area contributed by atoms with Gasteiger partial charge >= 0.3 is 6.16 Å². The summed E-state index contributed by atoms with van der Waals surface area (Å²) < 4.78 is 9.81. The van der Waals surface area contributed by atoms with Crippen LogP contribution in [0.3, 0.4) is 0 Å². The van der Waals surface area contributed by atoms with Gasteiger partial charge in [-0.2, -0.15) is 0 Å². The fourth-order valence-corrected chi connectivity index (χ4v) is 0.711. The Kier molecular flexibility index (Phi) is 6.27. The number of hydrogen-bond donors (Lipinski definition) is 1. The van der Waals surface area contributed by atoms with Crippen LogP contribution in [0.15, 0.2) is 0 Å². The van der Waals surface area contributed by atoms with Crippen molar-refractivity contribution in [2.75, 3.05) is 6.61 Å². The lowest BCUT2D eigenvalue weighted by Crippen LogP contribution is -2.29. The van der Waals surface area contributed by atoms with Crippen molar-refractivity contribution in [2.45, 2.75) is 52.2 Å². The first-order valence-electron chi connectivity index (χ1n) is 5.11. The lowest BCUT2D eigenvalue weighted by Gasteiger charge is -2.23. The molecule has 0 aliphatic heterocycles. The SMILES string of the molecule is CCC(COC(=O)OC(C)(C)CC)OO. The summed E-state index contributed by atoms with van der Waals surface area (Å²) in [5.74, 6) is 0. The van der Waals surface area contributed by atoms with Crippen LogP contribution in [0.5, 0.6) is 0 Å². The molecular weight excluding hydrogens is 200 g/mol. The molecule has 0 aliphatic rings. The highest BCUT2D eigenvalue weighted by Crippen LogP contribution is 2.14. The van der Waals surface area contributed by atoms with E-state index in [4.69, 9.17) is 14.7 Å². The molecule has 0 bridgehead atoms. The maximum absolute atomic E-state index is 11.2. The van der Waals surface area contributed by atoms with Crippen molar-refractivity contribution in [1.82, 2.24) is 0 Å². The average Bonchev–Trinajstić information content (AvgIpc) is 2.19. The number of carbonyl (C=O) groups excluding carboxylic acids is 1. The van der Waals surface area contributed by atoms with Crippen LogP contribution in [0.4, 0.5) is 4.79 Å². The molecule has 0 heterocycles. The molecule has 0 fully saturated rings. The van der Waals surface area contributed by atoms with Gasteiger partial charge in [-0.1, -0.05) is 13.8 Å². The molecule has 0 amide bonds. The molecule has 0 saturated carbocycles. The van der Waals surface area contributed by atoms with Crippen LogP contribution in [-0.4, -0.2) is 29.7 Å². The quantitative estimate of drug-likeness (QED) is 0.423. The minimum atomic E-state index is -0.739. The summed E-state index contributed by atoms with van der Waals surface area (Å²) in [4.78, 5) is 15.2. The third kappa shape index (κ3) is 6.30. The van der Waals surface area contributed by atoms with Gasteiger partial charge in [0.25, 0.3) is 0 Å². The van der Waals surface area contributed by atoms with E-state index < -0.39 is 17.9 Å². The third-order valence-corrected chi connectivity index (χ3v) is 2.20. The van der Waals surface area contributed by atoms with Crippen LogP contribution in [0.25, 0.3) is 0 Å². The Morgan fingerprint density at radius 2 is 2.00 bits per heavy atom. The molecule has 5 nitrogen and oxygen atoms in total. The smallest absolute Gasteiger partial charge is 0.431 e. The fraction of sp³-hybridized carbons (Fsp3) is 0.900. The van der Waals surface area contributed by atoms with Gasteiger partial charge in [-0.15, -0.1) is 0 Å². The second-order valence-corrected chi connectivity index (χ2v) is 3.91. The Morgan fingerprint density at radius 3 is 2.40 bits per heavy atom. The number of carbonyl (C=O) groups is 1. The summed E-state index contributed by atoms with van der Waals surface area (Å²) in [5, 5.41) is 8.39. The maximum atomic E-state index is 11.2. The van der Waals surface area contributed by atoms with Crippen LogP contribution < -0.4 is 0 Å². The highest BCUT2D eigenvalue weighted by Gasteiger charge is 2.22. The first-order chi connectivity index (χ1) is 6.95. The van der Waals surface area contributed by atoms with Gasteiger partial charge in [-0.05, 0) is 26.7 Å². The van der Waals surface area contributed by atoms with E-state index in [1.165, 1.54) is 0 Å². The third-order valence-electron chi connectivity index (χ3n) is 2.20. The van der Waals surface area contributed by atoms with Crippen LogP contribution in [0.1, 0.15) is 40.5 Å². The molecule has 0 spiro atoms. The van der Waals surface area contributed by atoms with Gasteiger partial charge in [-0.25, -0.2) is 9.68 Å². The summed E-state index contributed by atoms with van der Waals surface area (Å²) in [6.07, 6.45) is 0.0242. The fourth-order valence-electron chi connectivity index (χ4n) is 0.711. The summed E-state index contributed by atoms with van der Waals surface area (Å²) in [6, 6.07) is 0. The number of ether oxygens (including phenoxy) is 2. The standard InChI is InChI=1S/C10H20O5/c1-5-8(15-12)7-13-9(11)14-10(3,4)6-2/h8,12H,5-7H2,1-4H3. The average molecular weight is 220 g/mol. The van der Waals surface area contributed by atoms with Crippen LogP contribution in [0.2, 0.25) is 0 Å². The second kappa shape index (κ2) is 6.63. The van der Waals surface area contributed by atoms with Gasteiger partial charge in [0.05, 0.1) is 0 Å². The molecule has 0 rings (SSSR count). The van der Waals surface area contributed by atoms with Crippen molar-refractivity contribution >= 4 is 6.16 Å². The summed E-state index contributed by atoms with van der Waals surface area (Å²) in [5.41, 5.74) is -0.529. The van der Waals surface area contributed by atoms with Crippen LogP contribution in [-0.2, 0) is 14.4 Å². The molecule has 0 aliphatic carbocycles. The zero-order valence-corrected chi connectivity index (χ0v) is 9.78. The minimum Gasteiger partial charge on any atom is -0.431 e. The molecule has 0 radical (unpaired) electrons. The molecule has 0 saturated heterocycles. The lowest BCUT2D eigenvalue weighted by molar-refractivity contribution is -0.285. The van der Waals surface area contributed by atoms with Crippen molar-refractivity contribution < 1.29 is 24.4 Å². The molecule has 0 aromatic rings. The van der Waals surface area contributed by atoms with Crippen molar-refractivity contribution in [2.24, 2.45) is 0 Å². The number of rotatable bonds is 6. The molecule has 15 heavy (non-hydrogen) atoms. The molecule has 0 aromatic heterocycles. The number of hydrogen-bond acceptors (Lipinski definition) is 5. The predicted octanol–water partition coefficient (Wildman–Crippen LogP) is 2.60. The van der Waals surface area contributed by atoms with Gasteiger partial charge < -0.3 is 9.47 Å². The molecular formula is C10H20O5. The highest BCUT2D eigenvalue weighted by molar-refractivity contribution is 5.60. The van der Waals surface area contributed by atoms with Crippen molar-refractivity contribution in [1.29, 1.82) is 0 Å². The van der Waals surface area contributed by atoms with Gasteiger partial charge in [0.15, 0.2) is 0 Å². The lowest BCUT2D eigenvalue weighted by atomic mass is 10.1. The Hall–Kier alpha value is -0.810. The van der Waals surface area contributed by atoms with Gasteiger partial charge in [0.2, 0.25) is 0 Å². The normalized spacial score (nSPS) is 13.4. The molecule has 1 N–H and O–H groups in total. The topological polar surface area (TPSA) is 65.0 Å². The van der Waals surface area contributed by atoms with E-state index in [9.17, 15) is 4.79 Å². The Balaban J connectivity index is 3.84. The van der Waals surface area contributed by atoms with E-state index in [0.717, 1.165) is 0 Å². The van der Waals surface area contributed by atoms with Gasteiger partial charge in [0, 0.05) is 0 Å². The van der Waals surface area contributed by atoms with Crippen LogP contribution >= 0.6 is 0 Å². The summed E-state index contributed by atoms with van der Waals surface area (Å²) in [6.45, 7) is 7.32. The minimum absolute atomic E-state index is 0.00831. The molecule has 5 heteroatoms. The summed E-state index contributed by atoms with van der Waals surface area (Å²) >= 11 is 0. The predicted molar refractivity (Wildman–Crippen MR) is 54.6 cm³/mol. The van der Waals surface area contributed by atoms with E-state index in [-0.39, 0.29) is 6.61 Å². The van der Waals surface area contributed by atoms with Gasteiger partial charge in [0.1, 0.15) is 18.3 Å². The first-order valence-corrected chi connectivity index (χ1v) is 5.11. The monoisotopic (exact) mass is 220 g/mol. The summed E-state index contributed by atoms with van der Waals surface area (Å²) in [7, 11) is 0. The zero-order chi connectivity index (χ0) is 11.9. The zero-order valence-electron chi connectivity index (χ0n) is 9.78. The maximum Gasteiger partial charge on any atom is 0.508 e. The first kappa shape index (κ1) is 14.2. The molecule has 1 unspecified atom stereocenters. The largest absolute Gasteiger partial charge is 0.508 e. The van der Waals surface area contributed by atoms with E-state index in [1.54, 1.807) is 13.8 Å². The van der Waals surface area contributed by atoms with E-state index >= 15 is 0 Å². The van der Waals surface area contributed by atoms with E-state index in [0.29, 0.717) is 12.8 Å². The molecule has 1 atom stereocenters. The van der Waals surface area contributed by atoms with Crippen molar-refractivity contribution in [3.05, 3.63) is 0 Å². The Bertz CT molecular complexity index is 186. The van der Waals surface area contributed by atoms with Gasteiger partial charge in [-0.3, -0.25) is 5.26 Å². The van der Waals surface area contributed by atoms with E-state index in [1.807, 2.05) is 13.8 Å². The molecule has 0 aromatic carbocycles. The van der Waals surface area contributed by atoms with Crippen molar-refractivity contribution in [3.63, 3.8) is 0 Å².